The Hall–Kier alpha value is 0.130. The van der Waals surface area contributed by atoms with Gasteiger partial charge in [-0.2, -0.15) is 0 Å². The smallest absolute Gasteiger partial charge is 0.115 e. The van der Waals surface area contributed by atoms with Crippen molar-refractivity contribution in [1.82, 2.24) is 0 Å². The maximum atomic E-state index is 4.14. The molecule has 0 saturated carbocycles. The number of hydrogen-bond donors (Lipinski definition) is 0. The van der Waals surface area contributed by atoms with Crippen molar-refractivity contribution in [2.45, 2.75) is 0 Å². The van der Waals surface area contributed by atoms with E-state index in [-0.39, 0.29) is 0 Å². The summed E-state index contributed by atoms with van der Waals surface area (Å²) >= 11 is 1.72. The Morgan fingerprint density at radius 3 is 2.40 bits per heavy atom. The van der Waals surface area contributed by atoms with E-state index in [1.54, 1.807) is 22.9 Å². The lowest BCUT2D eigenvalue weighted by Crippen LogP contribution is -1.55. The molecule has 4 heteroatoms. The Balaban J connectivity index is 2.62. The van der Waals surface area contributed by atoms with Crippen molar-refractivity contribution in [2.24, 2.45) is 8.61 Å². The Kier molecular flexibility index (Phi) is 4.24. The average molecular weight is 186 g/mol. The summed E-state index contributed by atoms with van der Waals surface area (Å²) in [4.78, 5) is 4.14. The quantitative estimate of drug-likeness (QED) is 0.345. The zero-order valence-electron chi connectivity index (χ0n) is 2.68. The lowest BCUT2D eigenvalue weighted by molar-refractivity contribution is 0.195. The first kappa shape index (κ1) is 5.13. The van der Waals surface area contributed by atoms with Crippen LogP contribution in [0.4, 0.5) is 0 Å². The van der Waals surface area contributed by atoms with Crippen molar-refractivity contribution in [1.29, 1.82) is 0 Å². The van der Waals surface area contributed by atoms with E-state index in [0.29, 0.717) is 0 Å². The zero-order valence-corrected chi connectivity index (χ0v) is 4.84. The lowest BCUT2D eigenvalue weighted by atomic mass is 11.7. The average Bonchev–Trinajstić information content (AvgIpc) is 1.41. The van der Waals surface area contributed by atoms with Gasteiger partial charge in [0.05, 0.1) is 0 Å². The molecule has 0 spiro atoms. The molecule has 5 heavy (non-hydrogen) atoms. The van der Waals surface area contributed by atoms with E-state index in [0.717, 1.165) is 0 Å². The highest BCUT2D eigenvalue weighted by Crippen LogP contribution is 1.81. The van der Waals surface area contributed by atoms with Crippen LogP contribution in [0.1, 0.15) is 0 Å². The van der Waals surface area contributed by atoms with Crippen LogP contribution in [0.5, 0.6) is 0 Å². The first-order valence-electron chi connectivity index (χ1n) is 0.960. The molecule has 0 radical (unpaired) electrons. The molecule has 0 aromatic heterocycles. The van der Waals surface area contributed by atoms with Gasteiger partial charge in [0.15, 0.2) is 0 Å². The minimum Gasteiger partial charge on any atom is -0.382 e. The summed E-state index contributed by atoms with van der Waals surface area (Å²) in [6.45, 7) is 0. The first-order valence-corrected chi connectivity index (χ1v) is 1.92. The van der Waals surface area contributed by atoms with Crippen molar-refractivity contribution in [2.75, 3.05) is 7.11 Å². The molecule has 0 bridgehead atoms. The van der Waals surface area contributed by atoms with Crippen LogP contribution in [0.3, 0.4) is 0 Å². The molecular weight excluding hydrogens is 183 g/mol. The standard InChI is InChI=1S/CH3IN2O/c1-5-4-3-2/h1H3. The maximum absolute atomic E-state index is 4.14. The van der Waals surface area contributed by atoms with Crippen molar-refractivity contribution in [3.63, 3.8) is 0 Å². The second-order valence-corrected chi connectivity index (χ2v) is 0.771. The minimum absolute atomic E-state index is 1.45. The van der Waals surface area contributed by atoms with Crippen LogP contribution in [0.2, 0.25) is 0 Å². The summed E-state index contributed by atoms with van der Waals surface area (Å²) in [6, 6.07) is 0. The molecule has 0 aromatic rings. The molecule has 0 amide bonds. The van der Waals surface area contributed by atoms with E-state index in [1.807, 2.05) is 0 Å². The molecule has 0 fully saturated rings. The Labute approximate surface area is 43.9 Å². The zero-order chi connectivity index (χ0) is 4.12. The van der Waals surface area contributed by atoms with E-state index in [1.165, 1.54) is 7.11 Å². The predicted octanol–water partition coefficient (Wildman–Crippen LogP) is 1.35. The number of halogens is 1. The van der Waals surface area contributed by atoms with Crippen molar-refractivity contribution in [3.05, 3.63) is 0 Å². The van der Waals surface area contributed by atoms with Crippen LogP contribution in [-0.2, 0) is 4.84 Å². The molecular formula is CH3IN2O. The van der Waals surface area contributed by atoms with Gasteiger partial charge in [0, 0.05) is 5.28 Å². The van der Waals surface area contributed by atoms with Gasteiger partial charge in [-0.15, -0.1) is 0 Å². The van der Waals surface area contributed by atoms with Crippen LogP contribution >= 0.6 is 22.9 Å². The van der Waals surface area contributed by atoms with Crippen molar-refractivity contribution < 1.29 is 4.84 Å². The third-order valence-corrected chi connectivity index (χ3v) is 0.289. The second kappa shape index (κ2) is 4.13. The fraction of sp³-hybridized carbons (Fsp3) is 1.00. The maximum Gasteiger partial charge on any atom is 0.115 e. The highest BCUT2D eigenvalue weighted by atomic mass is 127. The minimum atomic E-state index is 1.45. The molecule has 0 rings (SSSR count). The fourth-order valence-corrected chi connectivity index (χ4v) is 0.207. The van der Waals surface area contributed by atoms with E-state index >= 15 is 0 Å². The molecule has 0 aromatic carbocycles. The SMILES string of the molecule is CON=NI. The molecule has 3 nitrogen and oxygen atoms in total. The van der Waals surface area contributed by atoms with Crippen LogP contribution in [0.15, 0.2) is 8.61 Å². The topological polar surface area (TPSA) is 34.0 Å². The Morgan fingerprint density at radius 2 is 2.40 bits per heavy atom. The van der Waals surface area contributed by atoms with Gasteiger partial charge in [-0.05, 0) is 0 Å². The summed E-state index contributed by atoms with van der Waals surface area (Å²) < 4.78 is 3.23. The van der Waals surface area contributed by atoms with Gasteiger partial charge in [0.25, 0.3) is 0 Å². The number of rotatable bonds is 1. The number of hydrogen-bond acceptors (Lipinski definition) is 3. The van der Waals surface area contributed by atoms with Gasteiger partial charge < -0.3 is 4.84 Å². The van der Waals surface area contributed by atoms with E-state index in [2.05, 4.69) is 13.4 Å². The molecule has 30 valence electrons. The van der Waals surface area contributed by atoms with E-state index in [4.69, 9.17) is 0 Å². The van der Waals surface area contributed by atoms with Gasteiger partial charge >= 0.3 is 0 Å². The van der Waals surface area contributed by atoms with Gasteiger partial charge in [0.2, 0.25) is 0 Å². The van der Waals surface area contributed by atoms with Gasteiger partial charge in [-0.3, -0.25) is 0 Å². The van der Waals surface area contributed by atoms with Crippen molar-refractivity contribution >= 4 is 22.9 Å². The van der Waals surface area contributed by atoms with E-state index < -0.39 is 0 Å². The van der Waals surface area contributed by atoms with Gasteiger partial charge in [0.1, 0.15) is 30.0 Å². The highest BCUT2D eigenvalue weighted by Gasteiger charge is 1.49. The summed E-state index contributed by atoms with van der Waals surface area (Å²) in [5.74, 6) is 0. The van der Waals surface area contributed by atoms with Crippen LogP contribution < -0.4 is 0 Å². The largest absolute Gasteiger partial charge is 0.382 e. The third-order valence-electron chi connectivity index (χ3n) is 0.113. The lowest BCUT2D eigenvalue weighted by Gasteiger charge is -1.71. The normalized spacial score (nSPS) is 9.20. The van der Waals surface area contributed by atoms with Crippen LogP contribution in [-0.4, -0.2) is 7.11 Å². The highest BCUT2D eigenvalue weighted by molar-refractivity contribution is 14.1. The second-order valence-electron chi connectivity index (χ2n) is 0.340. The van der Waals surface area contributed by atoms with E-state index in [9.17, 15) is 0 Å². The first-order chi connectivity index (χ1) is 2.41. The van der Waals surface area contributed by atoms with Gasteiger partial charge in [-0.1, -0.05) is 3.33 Å². The molecule has 0 unspecified atom stereocenters. The summed E-state index contributed by atoms with van der Waals surface area (Å²) in [6.07, 6.45) is 0. The summed E-state index contributed by atoms with van der Waals surface area (Å²) in [5, 5.41) is 3.08. The molecule has 0 saturated heterocycles. The van der Waals surface area contributed by atoms with Crippen molar-refractivity contribution in [3.8, 4) is 0 Å². The molecule has 0 aliphatic carbocycles. The number of nitrogens with zero attached hydrogens (tertiary/aromatic N) is 2. The van der Waals surface area contributed by atoms with Gasteiger partial charge in [-0.25, -0.2) is 0 Å². The Morgan fingerprint density at radius 1 is 1.80 bits per heavy atom. The van der Waals surface area contributed by atoms with Crippen LogP contribution in [0, 0.1) is 0 Å². The summed E-state index contributed by atoms with van der Waals surface area (Å²) in [7, 11) is 1.45. The monoisotopic (exact) mass is 186 g/mol. The van der Waals surface area contributed by atoms with Crippen LogP contribution in [0.25, 0.3) is 0 Å². The fourth-order valence-electron chi connectivity index (χ4n) is 0.0309. The molecule has 0 atom stereocenters. The molecule has 0 aliphatic heterocycles. The third kappa shape index (κ3) is 4.13. The predicted molar refractivity (Wildman–Crippen MR) is 25.9 cm³/mol. The molecule has 0 heterocycles. The molecule has 0 N–H and O–H groups in total. The molecule has 0 aliphatic rings. The summed E-state index contributed by atoms with van der Waals surface area (Å²) in [5.41, 5.74) is 0. The Bertz CT molecular complexity index is 36.6.